The maximum Gasteiger partial charge on any atom is 0.338 e. The first-order valence-electron chi connectivity index (χ1n) is 9.94. The molecule has 0 aromatic heterocycles. The number of esters is 1. The monoisotopic (exact) mass is 478 g/mol. The fourth-order valence-corrected chi connectivity index (χ4v) is 3.80. The third-order valence-electron chi connectivity index (χ3n) is 4.79. The predicted octanol–water partition coefficient (Wildman–Crippen LogP) is 5.16. The summed E-state index contributed by atoms with van der Waals surface area (Å²) in [5.41, 5.74) is 2.04. The zero-order valence-corrected chi connectivity index (χ0v) is 19.6. The Balaban J connectivity index is 1.90. The van der Waals surface area contributed by atoms with Crippen molar-refractivity contribution in [2.75, 3.05) is 7.11 Å². The maximum absolute atomic E-state index is 12.7. The summed E-state index contributed by atoms with van der Waals surface area (Å²) in [5.74, 6) is 0.370. The van der Waals surface area contributed by atoms with Crippen LogP contribution in [0, 0.1) is 0 Å². The zero-order valence-electron chi connectivity index (χ0n) is 18.1. The molecule has 0 fully saturated rings. The van der Waals surface area contributed by atoms with Gasteiger partial charge in [-0.25, -0.2) is 9.59 Å². The van der Waals surface area contributed by atoms with Gasteiger partial charge in [0.25, 0.3) is 0 Å². The molecule has 3 rings (SSSR count). The van der Waals surface area contributed by atoms with E-state index in [1.165, 1.54) is 7.11 Å². The van der Waals surface area contributed by atoms with Crippen molar-refractivity contribution < 1.29 is 23.8 Å². The van der Waals surface area contributed by atoms with Crippen molar-refractivity contribution in [3.05, 3.63) is 68.8 Å². The van der Waals surface area contributed by atoms with Gasteiger partial charge < -0.3 is 24.8 Å². The van der Waals surface area contributed by atoms with Gasteiger partial charge >= 0.3 is 12.0 Å². The van der Waals surface area contributed by atoms with Crippen LogP contribution in [-0.2, 0) is 16.1 Å². The van der Waals surface area contributed by atoms with Gasteiger partial charge in [0.2, 0.25) is 0 Å². The van der Waals surface area contributed by atoms with Gasteiger partial charge in [0.05, 0.1) is 24.8 Å². The van der Waals surface area contributed by atoms with E-state index in [-0.39, 0.29) is 12.7 Å². The molecule has 1 aliphatic heterocycles. The molecule has 0 aliphatic carbocycles. The average molecular weight is 479 g/mol. The van der Waals surface area contributed by atoms with Crippen molar-refractivity contribution in [1.29, 1.82) is 0 Å². The van der Waals surface area contributed by atoms with E-state index in [0.29, 0.717) is 43.9 Å². The summed E-state index contributed by atoms with van der Waals surface area (Å²) in [7, 11) is 1.50. The Morgan fingerprint density at radius 1 is 1.12 bits per heavy atom. The highest BCUT2D eigenvalue weighted by atomic mass is 35.5. The van der Waals surface area contributed by atoms with E-state index in [2.05, 4.69) is 10.6 Å². The van der Waals surface area contributed by atoms with Crippen molar-refractivity contribution in [3.63, 3.8) is 0 Å². The molecule has 170 valence electrons. The summed E-state index contributed by atoms with van der Waals surface area (Å²) < 4.78 is 16.7. The molecule has 2 aromatic rings. The van der Waals surface area contributed by atoms with Crippen LogP contribution in [0.5, 0.6) is 11.5 Å². The fraction of sp³-hybridized carbons (Fsp3) is 0.304. The molecule has 2 amide bonds. The molecule has 1 unspecified atom stereocenters. The quantitative estimate of drug-likeness (QED) is 0.536. The van der Waals surface area contributed by atoms with Crippen LogP contribution < -0.4 is 20.1 Å². The number of hydrogen-bond acceptors (Lipinski definition) is 5. The molecular formula is C23H24Cl2N2O5. The second kappa shape index (κ2) is 10.1. The number of rotatable bonds is 7. The first-order chi connectivity index (χ1) is 15.2. The van der Waals surface area contributed by atoms with Gasteiger partial charge in [-0.1, -0.05) is 35.3 Å². The molecule has 9 heteroatoms. The number of methoxy groups -OCH3 is 1. The van der Waals surface area contributed by atoms with Gasteiger partial charge in [-0.2, -0.15) is 0 Å². The third kappa shape index (κ3) is 5.29. The number of urea groups is 1. The van der Waals surface area contributed by atoms with E-state index in [4.69, 9.17) is 37.4 Å². The molecule has 0 saturated carbocycles. The summed E-state index contributed by atoms with van der Waals surface area (Å²) in [5, 5.41) is 6.39. The van der Waals surface area contributed by atoms with Crippen molar-refractivity contribution in [3.8, 4) is 11.5 Å². The molecule has 0 radical (unpaired) electrons. The number of hydrogen-bond donors (Lipinski definition) is 2. The van der Waals surface area contributed by atoms with Crippen molar-refractivity contribution in [1.82, 2.24) is 10.6 Å². The third-order valence-corrected chi connectivity index (χ3v) is 5.49. The van der Waals surface area contributed by atoms with Gasteiger partial charge in [0.15, 0.2) is 11.5 Å². The van der Waals surface area contributed by atoms with Crippen LogP contribution in [0.3, 0.4) is 0 Å². The lowest BCUT2D eigenvalue weighted by atomic mass is 9.95. The minimum Gasteiger partial charge on any atom is -0.493 e. The maximum atomic E-state index is 12.7. The zero-order chi connectivity index (χ0) is 23.4. The number of carbonyl (C=O) groups is 2. The Hall–Kier alpha value is -2.90. The highest BCUT2D eigenvalue weighted by Gasteiger charge is 2.33. The smallest absolute Gasteiger partial charge is 0.338 e. The van der Waals surface area contributed by atoms with Crippen LogP contribution in [0.4, 0.5) is 4.79 Å². The van der Waals surface area contributed by atoms with E-state index >= 15 is 0 Å². The minimum atomic E-state index is -0.712. The van der Waals surface area contributed by atoms with Gasteiger partial charge in [0, 0.05) is 21.3 Å². The van der Waals surface area contributed by atoms with Crippen LogP contribution in [-0.4, -0.2) is 25.2 Å². The lowest BCUT2D eigenvalue weighted by Crippen LogP contribution is -2.45. The first kappa shape index (κ1) is 23.8. The minimum absolute atomic E-state index is 0.142. The fourth-order valence-electron chi connectivity index (χ4n) is 3.30. The van der Waals surface area contributed by atoms with Crippen LogP contribution in [0.1, 0.15) is 37.9 Å². The number of carbonyl (C=O) groups excluding carboxylic acids is 2. The summed E-state index contributed by atoms with van der Waals surface area (Å²) in [6.07, 6.45) is -0.303. The highest BCUT2D eigenvalue weighted by molar-refractivity contribution is 6.35. The molecule has 0 bridgehead atoms. The van der Waals surface area contributed by atoms with Gasteiger partial charge in [-0.15, -0.1) is 0 Å². The Kier molecular flexibility index (Phi) is 7.53. The van der Waals surface area contributed by atoms with E-state index < -0.39 is 18.0 Å². The van der Waals surface area contributed by atoms with Crippen molar-refractivity contribution >= 4 is 35.2 Å². The Morgan fingerprint density at radius 2 is 1.81 bits per heavy atom. The van der Waals surface area contributed by atoms with E-state index in [1.807, 2.05) is 0 Å². The molecule has 0 spiro atoms. The SMILES string of the molecule is COc1cc(C2NC(=O)NC(C)=C2C(=O)OC(C)C)ccc1OCc1c(Cl)cccc1Cl. The van der Waals surface area contributed by atoms with Gasteiger partial charge in [-0.3, -0.25) is 0 Å². The molecule has 2 aromatic carbocycles. The van der Waals surface area contributed by atoms with E-state index in [1.54, 1.807) is 57.2 Å². The van der Waals surface area contributed by atoms with Crippen LogP contribution in [0.15, 0.2) is 47.7 Å². The van der Waals surface area contributed by atoms with Crippen LogP contribution >= 0.6 is 23.2 Å². The van der Waals surface area contributed by atoms with Gasteiger partial charge in [0.1, 0.15) is 6.61 Å². The normalized spacial score (nSPS) is 15.8. The number of nitrogens with one attached hydrogen (secondary N) is 2. The Labute approximate surface area is 196 Å². The Bertz CT molecular complexity index is 1050. The van der Waals surface area contributed by atoms with Crippen molar-refractivity contribution in [2.24, 2.45) is 0 Å². The number of amides is 2. The number of halogens is 2. The van der Waals surface area contributed by atoms with E-state index in [0.717, 1.165) is 0 Å². The molecule has 1 heterocycles. The molecule has 1 aliphatic rings. The number of ether oxygens (including phenoxy) is 3. The number of allylic oxidation sites excluding steroid dienone is 1. The van der Waals surface area contributed by atoms with Crippen LogP contribution in [0.2, 0.25) is 10.0 Å². The standard InChI is InChI=1S/C23H24Cl2N2O5/c1-12(2)32-22(28)20-13(3)26-23(29)27-21(20)14-8-9-18(19(10-14)30-4)31-11-15-16(24)6-5-7-17(15)25/h5-10,12,21H,11H2,1-4H3,(H2,26,27,29). The summed E-state index contributed by atoms with van der Waals surface area (Å²) in [4.78, 5) is 24.8. The molecule has 1 atom stereocenters. The second-order valence-electron chi connectivity index (χ2n) is 7.42. The largest absolute Gasteiger partial charge is 0.493 e. The molecule has 32 heavy (non-hydrogen) atoms. The average Bonchev–Trinajstić information content (AvgIpc) is 2.72. The Morgan fingerprint density at radius 3 is 2.44 bits per heavy atom. The molecule has 0 saturated heterocycles. The summed E-state index contributed by atoms with van der Waals surface area (Å²) >= 11 is 12.4. The lowest BCUT2D eigenvalue weighted by molar-refractivity contribution is -0.143. The van der Waals surface area contributed by atoms with E-state index in [9.17, 15) is 9.59 Å². The topological polar surface area (TPSA) is 85.9 Å². The first-order valence-corrected chi connectivity index (χ1v) is 10.7. The van der Waals surface area contributed by atoms with Crippen LogP contribution in [0.25, 0.3) is 0 Å². The molecule has 7 nitrogen and oxygen atoms in total. The summed E-state index contributed by atoms with van der Waals surface area (Å²) in [6.45, 7) is 5.32. The summed E-state index contributed by atoms with van der Waals surface area (Å²) in [6, 6.07) is 9.25. The van der Waals surface area contributed by atoms with Crippen molar-refractivity contribution in [2.45, 2.75) is 39.5 Å². The lowest BCUT2D eigenvalue weighted by Gasteiger charge is -2.29. The second-order valence-corrected chi connectivity index (χ2v) is 8.24. The van der Waals surface area contributed by atoms with Gasteiger partial charge in [-0.05, 0) is 50.6 Å². The predicted molar refractivity (Wildman–Crippen MR) is 122 cm³/mol. The molecular weight excluding hydrogens is 455 g/mol. The molecule has 2 N–H and O–H groups in total. The number of benzene rings is 2. The highest BCUT2D eigenvalue weighted by Crippen LogP contribution is 2.36.